The zero-order valence-corrected chi connectivity index (χ0v) is 11.3. The van der Waals surface area contributed by atoms with Gasteiger partial charge in [0.15, 0.2) is 0 Å². The Hall–Kier alpha value is -1.12. The highest BCUT2D eigenvalue weighted by molar-refractivity contribution is 7.89. The van der Waals surface area contributed by atoms with Crippen molar-refractivity contribution in [1.82, 2.24) is 4.31 Å². The Morgan fingerprint density at radius 1 is 1.32 bits per heavy atom. The second-order valence-corrected chi connectivity index (χ2v) is 6.06. The summed E-state index contributed by atoms with van der Waals surface area (Å²) in [5.41, 5.74) is 4.00. The highest BCUT2D eigenvalue weighted by Crippen LogP contribution is 2.34. The molecule has 0 fully saturated rings. The van der Waals surface area contributed by atoms with Gasteiger partial charge in [-0.2, -0.15) is 17.5 Å². The minimum atomic E-state index is -4.58. The molecule has 0 aromatic heterocycles. The summed E-state index contributed by atoms with van der Waals surface area (Å²) in [6.07, 6.45) is -4.58. The van der Waals surface area contributed by atoms with E-state index < -0.39 is 21.8 Å². The molecule has 1 rings (SSSR count). The molecular formula is C11H15F3N2O2S. The number of nitrogens with zero attached hydrogens (tertiary/aromatic N) is 1. The molecule has 19 heavy (non-hydrogen) atoms. The lowest BCUT2D eigenvalue weighted by Gasteiger charge is -2.19. The van der Waals surface area contributed by atoms with Gasteiger partial charge in [0.25, 0.3) is 0 Å². The van der Waals surface area contributed by atoms with Gasteiger partial charge < -0.3 is 5.73 Å². The number of halogens is 3. The van der Waals surface area contributed by atoms with Crippen LogP contribution >= 0.6 is 0 Å². The molecule has 1 aromatic carbocycles. The molecule has 4 nitrogen and oxygen atoms in total. The predicted molar refractivity (Wildman–Crippen MR) is 65.1 cm³/mol. The van der Waals surface area contributed by atoms with Crippen molar-refractivity contribution < 1.29 is 21.6 Å². The number of benzene rings is 1. The highest BCUT2D eigenvalue weighted by atomic mass is 32.2. The van der Waals surface area contributed by atoms with Crippen LogP contribution in [0.1, 0.15) is 11.1 Å². The van der Waals surface area contributed by atoms with E-state index in [1.807, 2.05) is 0 Å². The fourth-order valence-electron chi connectivity index (χ4n) is 1.67. The van der Waals surface area contributed by atoms with Crippen LogP contribution in [0.2, 0.25) is 0 Å². The van der Waals surface area contributed by atoms with Crippen molar-refractivity contribution in [3.8, 4) is 0 Å². The Morgan fingerprint density at radius 3 is 2.37 bits per heavy atom. The van der Waals surface area contributed by atoms with Crippen LogP contribution in [0.5, 0.6) is 0 Å². The van der Waals surface area contributed by atoms with E-state index in [0.717, 1.165) is 29.4 Å². The van der Waals surface area contributed by atoms with Gasteiger partial charge in [-0.15, -0.1) is 0 Å². The average Bonchev–Trinajstić information content (AvgIpc) is 2.27. The lowest BCUT2D eigenvalue weighted by atomic mass is 10.1. The van der Waals surface area contributed by atoms with Crippen molar-refractivity contribution in [2.45, 2.75) is 18.0 Å². The lowest BCUT2D eigenvalue weighted by Crippen LogP contribution is -2.32. The number of nitrogens with two attached hydrogens (primary N) is 1. The van der Waals surface area contributed by atoms with E-state index in [9.17, 15) is 21.6 Å². The van der Waals surface area contributed by atoms with Crippen molar-refractivity contribution in [1.29, 1.82) is 0 Å². The van der Waals surface area contributed by atoms with Gasteiger partial charge in [0.05, 0.1) is 10.5 Å². The summed E-state index contributed by atoms with van der Waals surface area (Å²) < 4.78 is 63.4. The maximum absolute atomic E-state index is 12.7. The molecule has 0 unspecified atom stereocenters. The molecule has 108 valence electrons. The number of alkyl halides is 3. The SMILES string of the molecule is Cc1c(C(F)(F)F)cccc1S(=O)(=O)N(C)CCN. The second-order valence-electron chi connectivity index (χ2n) is 4.04. The average molecular weight is 296 g/mol. The quantitative estimate of drug-likeness (QED) is 0.918. The largest absolute Gasteiger partial charge is 0.416 e. The van der Waals surface area contributed by atoms with E-state index in [0.29, 0.717) is 0 Å². The van der Waals surface area contributed by atoms with Gasteiger partial charge in [0.2, 0.25) is 10.0 Å². The first-order valence-corrected chi connectivity index (χ1v) is 6.89. The first kappa shape index (κ1) is 15.9. The van der Waals surface area contributed by atoms with E-state index in [1.165, 1.54) is 7.05 Å². The van der Waals surface area contributed by atoms with Crippen LogP contribution in [0.25, 0.3) is 0 Å². The zero-order valence-electron chi connectivity index (χ0n) is 10.5. The fraction of sp³-hybridized carbons (Fsp3) is 0.455. The minimum Gasteiger partial charge on any atom is -0.329 e. The standard InChI is InChI=1S/C11H15F3N2O2S/c1-8-9(11(12,13)14)4-3-5-10(8)19(17,18)16(2)7-6-15/h3-5H,6-7,15H2,1-2H3. The number of hydrogen-bond donors (Lipinski definition) is 1. The predicted octanol–water partition coefficient (Wildman–Crippen LogP) is 1.59. The van der Waals surface area contributed by atoms with Gasteiger partial charge in [-0.25, -0.2) is 8.42 Å². The van der Waals surface area contributed by atoms with Crippen LogP contribution in [0, 0.1) is 6.92 Å². The minimum absolute atomic E-state index is 0.0397. The first-order chi connectivity index (χ1) is 8.62. The summed E-state index contributed by atoms with van der Waals surface area (Å²) in [7, 11) is -2.68. The van der Waals surface area contributed by atoms with E-state index in [1.54, 1.807) is 0 Å². The van der Waals surface area contributed by atoms with Crippen LogP contribution < -0.4 is 5.73 Å². The molecule has 0 bridgehead atoms. The van der Waals surface area contributed by atoms with Crippen molar-refractivity contribution in [3.05, 3.63) is 29.3 Å². The summed E-state index contributed by atoms with van der Waals surface area (Å²) >= 11 is 0. The van der Waals surface area contributed by atoms with Gasteiger partial charge in [-0.3, -0.25) is 0 Å². The fourth-order valence-corrected chi connectivity index (χ4v) is 3.10. The van der Waals surface area contributed by atoms with Crippen molar-refractivity contribution in [3.63, 3.8) is 0 Å². The van der Waals surface area contributed by atoms with Gasteiger partial charge in [0.1, 0.15) is 0 Å². The summed E-state index contributed by atoms with van der Waals surface area (Å²) in [6, 6.07) is 3.10. The van der Waals surface area contributed by atoms with Crippen LogP contribution in [0.3, 0.4) is 0 Å². The molecule has 0 heterocycles. The molecule has 0 spiro atoms. The Morgan fingerprint density at radius 2 is 1.89 bits per heavy atom. The molecule has 0 aliphatic rings. The molecule has 0 radical (unpaired) electrons. The van der Waals surface area contributed by atoms with E-state index in [2.05, 4.69) is 0 Å². The zero-order chi connectivity index (χ0) is 14.8. The smallest absolute Gasteiger partial charge is 0.329 e. The third kappa shape index (κ3) is 3.26. The Bertz CT molecular complexity index is 556. The summed E-state index contributed by atoms with van der Waals surface area (Å²) in [6.45, 7) is 1.28. The van der Waals surface area contributed by atoms with E-state index in [4.69, 9.17) is 5.73 Å². The summed E-state index contributed by atoms with van der Waals surface area (Å²) in [4.78, 5) is -0.349. The third-order valence-corrected chi connectivity index (χ3v) is 4.72. The number of hydrogen-bond acceptors (Lipinski definition) is 3. The first-order valence-electron chi connectivity index (χ1n) is 5.45. The molecule has 0 amide bonds. The molecule has 0 aliphatic carbocycles. The van der Waals surface area contributed by atoms with Crippen LogP contribution in [0.4, 0.5) is 13.2 Å². The Kier molecular flexibility index (Phi) is 4.59. The van der Waals surface area contributed by atoms with Gasteiger partial charge >= 0.3 is 6.18 Å². The topological polar surface area (TPSA) is 63.4 Å². The summed E-state index contributed by atoms with van der Waals surface area (Å²) in [5.74, 6) is 0. The number of sulfonamides is 1. The molecule has 1 aromatic rings. The van der Waals surface area contributed by atoms with Crippen LogP contribution in [-0.4, -0.2) is 32.9 Å². The molecule has 8 heteroatoms. The molecule has 0 saturated heterocycles. The van der Waals surface area contributed by atoms with Crippen molar-refractivity contribution in [2.75, 3.05) is 20.1 Å². The maximum Gasteiger partial charge on any atom is 0.416 e. The Balaban J connectivity index is 3.38. The van der Waals surface area contributed by atoms with Crippen molar-refractivity contribution in [2.24, 2.45) is 5.73 Å². The van der Waals surface area contributed by atoms with Gasteiger partial charge in [-0.1, -0.05) is 6.07 Å². The van der Waals surface area contributed by atoms with Crippen molar-refractivity contribution >= 4 is 10.0 Å². The maximum atomic E-state index is 12.7. The Labute approximate surface area is 110 Å². The lowest BCUT2D eigenvalue weighted by molar-refractivity contribution is -0.138. The molecule has 2 N–H and O–H groups in total. The molecule has 0 aliphatic heterocycles. The number of likely N-dealkylation sites (N-methyl/N-ethyl adjacent to an activating group) is 1. The monoisotopic (exact) mass is 296 g/mol. The molecule has 0 saturated carbocycles. The molecule has 0 atom stereocenters. The summed E-state index contributed by atoms with van der Waals surface area (Å²) in [5, 5.41) is 0. The number of rotatable bonds is 4. The van der Waals surface area contributed by atoms with Gasteiger partial charge in [0, 0.05) is 20.1 Å². The molecular weight excluding hydrogens is 281 g/mol. The van der Waals surface area contributed by atoms with E-state index >= 15 is 0 Å². The third-order valence-electron chi connectivity index (χ3n) is 2.72. The van der Waals surface area contributed by atoms with E-state index in [-0.39, 0.29) is 23.5 Å². The van der Waals surface area contributed by atoms with Crippen LogP contribution in [-0.2, 0) is 16.2 Å². The van der Waals surface area contributed by atoms with Gasteiger partial charge in [-0.05, 0) is 24.6 Å². The highest BCUT2D eigenvalue weighted by Gasteiger charge is 2.35. The van der Waals surface area contributed by atoms with Crippen LogP contribution in [0.15, 0.2) is 23.1 Å². The normalized spacial score (nSPS) is 13.0. The second kappa shape index (κ2) is 5.48.